The van der Waals surface area contributed by atoms with E-state index in [-0.39, 0.29) is 17.7 Å². The van der Waals surface area contributed by atoms with Crippen LogP contribution in [0.1, 0.15) is 140 Å². The number of hydrogen-bond donors (Lipinski definition) is 2. The fourth-order valence-corrected chi connectivity index (χ4v) is 13.3. The lowest BCUT2D eigenvalue weighted by Crippen LogP contribution is -2.52. The molecule has 3 aromatic heterocycles. The van der Waals surface area contributed by atoms with E-state index in [1.807, 2.05) is 81.0 Å². The van der Waals surface area contributed by atoms with Crippen LogP contribution in [0.5, 0.6) is 0 Å². The Morgan fingerprint density at radius 2 is 1.68 bits per heavy atom. The molecular weight excluding hydrogens is 971 g/mol. The number of piperazine rings is 1. The summed E-state index contributed by atoms with van der Waals surface area (Å²) in [5.41, 5.74) is 10.4. The summed E-state index contributed by atoms with van der Waals surface area (Å²) in [6, 6.07) is 31.2. The van der Waals surface area contributed by atoms with Crippen LogP contribution >= 0.6 is 11.3 Å². The fraction of sp³-hybridized carbons (Fsp3) is 0.426. The first-order valence-electron chi connectivity index (χ1n) is 27.3. The summed E-state index contributed by atoms with van der Waals surface area (Å²) in [6.45, 7) is 15.4. The maximum Gasteiger partial charge on any atom is 0.358 e. The van der Waals surface area contributed by atoms with E-state index >= 15 is 0 Å². The molecule has 4 aliphatic rings. The third kappa shape index (κ3) is 10.6. The Balaban J connectivity index is 0.715. The number of ether oxygens (including phenoxy) is 1. The molecule has 4 aromatic carbocycles. The van der Waals surface area contributed by atoms with Gasteiger partial charge in [0.1, 0.15) is 11.4 Å². The Morgan fingerprint density at radius 1 is 0.868 bits per heavy atom. The quantitative estimate of drug-likeness (QED) is 0.0887. The Kier molecular flexibility index (Phi) is 14.3. The molecule has 1 unspecified atom stereocenters. The van der Waals surface area contributed by atoms with Gasteiger partial charge in [0.15, 0.2) is 10.8 Å². The van der Waals surface area contributed by atoms with Crippen LogP contribution in [0.15, 0.2) is 91.0 Å². The molecule has 0 bridgehead atoms. The second kappa shape index (κ2) is 21.2. The minimum atomic E-state index is -0.711. The minimum absolute atomic E-state index is 0.194. The number of thiazole rings is 1. The number of piperidine rings is 1. The molecule has 11 rings (SSSR count). The Hall–Kier alpha value is -6.97. The largest absolute Gasteiger partial charge is 0.455 e. The van der Waals surface area contributed by atoms with Crippen molar-refractivity contribution in [2.24, 2.45) is 13.0 Å². The van der Waals surface area contributed by atoms with Crippen LogP contribution in [0.3, 0.4) is 0 Å². The molecule has 1 aliphatic carbocycles. The number of hydrogen-bond acceptors (Lipinski definition) is 12. The first-order valence-corrected chi connectivity index (χ1v) is 28.1. The predicted molar refractivity (Wildman–Crippen MR) is 301 cm³/mol. The van der Waals surface area contributed by atoms with Gasteiger partial charge >= 0.3 is 5.97 Å². The van der Waals surface area contributed by atoms with Crippen molar-refractivity contribution < 1.29 is 23.9 Å². The van der Waals surface area contributed by atoms with E-state index in [2.05, 4.69) is 86.6 Å². The highest BCUT2D eigenvalue weighted by atomic mass is 32.1. The highest BCUT2D eigenvalue weighted by Gasteiger charge is 2.34. The third-order valence-electron chi connectivity index (χ3n) is 16.3. The first kappa shape index (κ1) is 51.2. The number of pyridine rings is 1. The van der Waals surface area contributed by atoms with Gasteiger partial charge in [-0.2, -0.15) is 5.10 Å². The molecule has 7 aromatic rings. The second-order valence-corrected chi connectivity index (χ2v) is 23.6. The van der Waals surface area contributed by atoms with Gasteiger partial charge in [-0.25, -0.2) is 14.8 Å². The van der Waals surface area contributed by atoms with Crippen molar-refractivity contribution in [3.05, 3.63) is 130 Å². The smallest absolute Gasteiger partial charge is 0.358 e. The Labute approximate surface area is 449 Å². The summed E-state index contributed by atoms with van der Waals surface area (Å²) in [7, 11) is 1.93. The Morgan fingerprint density at radius 3 is 2.47 bits per heavy atom. The van der Waals surface area contributed by atoms with Gasteiger partial charge < -0.3 is 14.5 Å². The van der Waals surface area contributed by atoms with E-state index in [9.17, 15) is 19.2 Å². The molecule has 14 nitrogen and oxygen atoms in total. The van der Waals surface area contributed by atoms with Crippen molar-refractivity contribution in [3.8, 4) is 11.1 Å². The molecule has 0 spiro atoms. The molecule has 76 heavy (non-hydrogen) atoms. The number of rotatable bonds is 12. The summed E-state index contributed by atoms with van der Waals surface area (Å²) in [5.74, 6) is 0.311. The van der Waals surface area contributed by atoms with Crippen LogP contribution < -0.4 is 20.4 Å². The lowest BCUT2D eigenvalue weighted by Gasteiger charge is -2.41. The summed E-state index contributed by atoms with van der Waals surface area (Å²) >= 11 is 1.46. The maximum absolute atomic E-state index is 14.2. The highest BCUT2D eigenvalue weighted by Crippen LogP contribution is 2.42. The molecule has 2 N–H and O–H groups in total. The van der Waals surface area contributed by atoms with Gasteiger partial charge in [0, 0.05) is 74.4 Å². The summed E-state index contributed by atoms with van der Waals surface area (Å²) in [5, 5.41) is 11.8. The summed E-state index contributed by atoms with van der Waals surface area (Å²) < 4.78 is 8.93. The number of nitrogens with zero attached hydrogens (tertiary/aromatic N) is 7. The molecule has 394 valence electrons. The van der Waals surface area contributed by atoms with E-state index in [1.165, 1.54) is 53.8 Å². The van der Waals surface area contributed by atoms with Crippen molar-refractivity contribution in [1.29, 1.82) is 0 Å². The van der Waals surface area contributed by atoms with Crippen LogP contribution in [-0.2, 0) is 34.3 Å². The molecular formula is C61H69N9O5S. The summed E-state index contributed by atoms with van der Waals surface area (Å²) in [4.78, 5) is 69.6. The number of esters is 1. The van der Waals surface area contributed by atoms with Crippen LogP contribution in [0.4, 0.5) is 16.6 Å². The monoisotopic (exact) mass is 1040 g/mol. The number of carbonyl (C=O) groups excluding carboxylic acids is 4. The maximum atomic E-state index is 14.2. The van der Waals surface area contributed by atoms with Gasteiger partial charge in [-0.3, -0.25) is 34.6 Å². The molecule has 3 amide bonds. The van der Waals surface area contributed by atoms with E-state index in [4.69, 9.17) is 14.8 Å². The van der Waals surface area contributed by atoms with Crippen molar-refractivity contribution >= 4 is 72.8 Å². The standard InChI is InChI=1S/C61H69N9O5S/c1-37-35-68(32-33-70(37)42-23-24-47-51(34-42)67(6)66-55(47)48-26-28-54(71)64-58(48)73)30-11-12-39-19-21-41(22-20-39)43-14-10-15-44(38(43)2)45-25-27-53(63-56(45)59(74)75-61(3,4)5)69-31-29-40-13-9-16-46(49(40)36-69)57(72)65-60-62-50-17-7-8-18-52(50)76-60/h7-10,13-18,23-25,27,34,37,39,41,48H,11-12,19-22,26,28-33,35-36H2,1-6H3,(H,62,65,72)(H,64,71,73)/t37-,39?,41?,48?/m0/s1. The molecule has 1 saturated carbocycles. The first-order chi connectivity index (χ1) is 36.6. The number of nitrogens with one attached hydrogen (secondary N) is 2. The second-order valence-electron chi connectivity index (χ2n) is 22.6. The molecule has 2 atom stereocenters. The number of imide groups is 1. The number of aromatic nitrogens is 4. The topological polar surface area (TPSA) is 155 Å². The molecule has 3 aliphatic heterocycles. The highest BCUT2D eigenvalue weighted by molar-refractivity contribution is 7.22. The number of benzene rings is 4. The van der Waals surface area contributed by atoms with E-state index in [0.717, 1.165) is 100 Å². The predicted octanol–water partition coefficient (Wildman–Crippen LogP) is 11.1. The zero-order valence-electron chi connectivity index (χ0n) is 44.7. The number of para-hydroxylation sites is 1. The molecule has 2 saturated heterocycles. The van der Waals surface area contributed by atoms with Crippen molar-refractivity contribution in [2.75, 3.05) is 47.8 Å². The number of anilines is 3. The molecule has 0 radical (unpaired) electrons. The van der Waals surface area contributed by atoms with E-state index < -0.39 is 17.5 Å². The SMILES string of the molecule is Cc1c(-c2ccc(N3CCc4cccc(C(=O)Nc5nc6ccccc6s5)c4C3)nc2C(=O)OC(C)(C)C)cccc1C1CCC(CCCN2CCN(c3ccc4c(C5CCC(=O)NC5=O)nn(C)c4c3)[C@@H](C)C2)CC1. The normalized spacial score (nSPS) is 20.4. The van der Waals surface area contributed by atoms with Gasteiger partial charge in [-0.05, 0) is 181 Å². The van der Waals surface area contributed by atoms with Gasteiger partial charge in [0.25, 0.3) is 5.91 Å². The van der Waals surface area contributed by atoms with Crippen LogP contribution in [0.2, 0.25) is 0 Å². The van der Waals surface area contributed by atoms with Crippen molar-refractivity contribution in [3.63, 3.8) is 0 Å². The number of amides is 3. The van der Waals surface area contributed by atoms with Gasteiger partial charge in [-0.15, -0.1) is 0 Å². The zero-order valence-corrected chi connectivity index (χ0v) is 45.5. The number of carbonyl (C=O) groups is 4. The van der Waals surface area contributed by atoms with Crippen molar-refractivity contribution in [2.45, 2.75) is 122 Å². The van der Waals surface area contributed by atoms with Crippen molar-refractivity contribution in [1.82, 2.24) is 30.0 Å². The van der Waals surface area contributed by atoms with Crippen LogP contribution in [0.25, 0.3) is 32.2 Å². The van der Waals surface area contributed by atoms with E-state index in [1.54, 1.807) is 0 Å². The Bertz CT molecular complexity index is 3330. The van der Waals surface area contributed by atoms with Gasteiger partial charge in [-0.1, -0.05) is 53.8 Å². The average Bonchev–Trinajstić information content (AvgIpc) is 3.98. The fourth-order valence-electron chi connectivity index (χ4n) is 12.4. The van der Waals surface area contributed by atoms with Gasteiger partial charge in [0.2, 0.25) is 11.8 Å². The number of aryl methyl sites for hydroxylation is 1. The molecule has 3 fully saturated rings. The third-order valence-corrected chi connectivity index (χ3v) is 17.3. The van der Waals surface area contributed by atoms with Crippen LogP contribution in [0, 0.1) is 12.8 Å². The zero-order chi connectivity index (χ0) is 52.8. The average molecular weight is 1040 g/mol. The minimum Gasteiger partial charge on any atom is -0.455 e. The van der Waals surface area contributed by atoms with Gasteiger partial charge in [0.05, 0.1) is 27.3 Å². The lowest BCUT2D eigenvalue weighted by molar-refractivity contribution is -0.134. The molecule has 15 heteroatoms. The molecule has 6 heterocycles. The van der Waals surface area contributed by atoms with Crippen LogP contribution in [-0.4, -0.2) is 92.7 Å². The van der Waals surface area contributed by atoms with E-state index in [0.29, 0.717) is 60.1 Å². The number of fused-ring (bicyclic) bond motifs is 3. The lowest BCUT2D eigenvalue weighted by atomic mass is 9.75. The summed E-state index contributed by atoms with van der Waals surface area (Å²) in [6.07, 6.45) is 8.71.